The summed E-state index contributed by atoms with van der Waals surface area (Å²) in [6, 6.07) is 12.9. The van der Waals surface area contributed by atoms with Gasteiger partial charge in [0.1, 0.15) is 0 Å². The van der Waals surface area contributed by atoms with Gasteiger partial charge in [-0.3, -0.25) is 4.79 Å². The smallest absolute Gasteiger partial charge is 0.251 e. The Hall–Kier alpha value is -2.44. The largest absolute Gasteiger partial charge is 0.308 e. The minimum absolute atomic E-state index is 0.104. The van der Waals surface area contributed by atoms with Gasteiger partial charge in [0.15, 0.2) is 0 Å². The van der Waals surface area contributed by atoms with E-state index in [2.05, 4.69) is 0 Å². The Labute approximate surface area is 154 Å². The molecule has 2 aromatic carbocycles. The highest BCUT2D eigenvalue weighted by Crippen LogP contribution is 2.31. The Morgan fingerprint density at radius 1 is 1.12 bits per heavy atom. The second-order valence-electron chi connectivity index (χ2n) is 6.56. The molecule has 3 rings (SSSR count). The Kier molecular flexibility index (Phi) is 4.98. The van der Waals surface area contributed by atoms with Crippen molar-refractivity contribution in [2.24, 2.45) is 0 Å². The highest BCUT2D eigenvalue weighted by molar-refractivity contribution is 7.89. The van der Waals surface area contributed by atoms with Crippen LogP contribution in [0.3, 0.4) is 0 Å². The number of fused-ring (bicyclic) bond motifs is 1. The average Bonchev–Trinajstić information content (AvgIpc) is 3.04. The van der Waals surface area contributed by atoms with Gasteiger partial charge in [0, 0.05) is 32.4 Å². The van der Waals surface area contributed by atoms with Gasteiger partial charge in [0.2, 0.25) is 10.0 Å². The molecule has 0 spiro atoms. The second-order valence-corrected chi connectivity index (χ2v) is 8.71. The quantitative estimate of drug-likeness (QED) is 0.778. The van der Waals surface area contributed by atoms with Crippen molar-refractivity contribution in [2.45, 2.75) is 18.2 Å². The number of rotatable bonds is 4. The van der Waals surface area contributed by atoms with E-state index in [9.17, 15) is 13.2 Å². The van der Waals surface area contributed by atoms with Crippen LogP contribution >= 0.6 is 0 Å². The van der Waals surface area contributed by atoms with Gasteiger partial charge in [0.25, 0.3) is 5.91 Å². The van der Waals surface area contributed by atoms with Gasteiger partial charge in [0.05, 0.1) is 4.90 Å². The Morgan fingerprint density at radius 2 is 1.81 bits per heavy atom. The van der Waals surface area contributed by atoms with Crippen molar-refractivity contribution in [3.8, 4) is 0 Å². The van der Waals surface area contributed by atoms with E-state index in [1.165, 1.54) is 24.0 Å². The van der Waals surface area contributed by atoms with Crippen LogP contribution in [-0.4, -0.2) is 39.3 Å². The van der Waals surface area contributed by atoms with Gasteiger partial charge in [-0.2, -0.15) is 0 Å². The van der Waals surface area contributed by atoms with E-state index < -0.39 is 10.0 Å². The first kappa shape index (κ1) is 18.4. The maximum absolute atomic E-state index is 12.6. The lowest BCUT2D eigenvalue weighted by atomic mass is 10.1. The molecular formula is C20H22N2O3S. The first-order valence-corrected chi connectivity index (χ1v) is 9.85. The zero-order valence-electron chi connectivity index (χ0n) is 15.1. The molecule has 0 aliphatic carbocycles. The summed E-state index contributed by atoms with van der Waals surface area (Å²) in [5, 5.41) is 0. The summed E-state index contributed by atoms with van der Waals surface area (Å²) in [5.74, 6) is -0.104. The number of hydrogen-bond donors (Lipinski definition) is 0. The third-order valence-electron chi connectivity index (χ3n) is 4.49. The number of aryl methyl sites for hydroxylation is 1. The van der Waals surface area contributed by atoms with Crippen molar-refractivity contribution in [2.75, 3.05) is 25.5 Å². The number of carbonyl (C=O) groups excluding carboxylic acids is 1. The van der Waals surface area contributed by atoms with Crippen LogP contribution in [-0.2, 0) is 21.2 Å². The van der Waals surface area contributed by atoms with Gasteiger partial charge in [-0.1, -0.05) is 29.8 Å². The molecule has 1 aliphatic rings. The number of hydrogen-bond acceptors (Lipinski definition) is 3. The van der Waals surface area contributed by atoms with Gasteiger partial charge in [-0.05, 0) is 48.7 Å². The summed E-state index contributed by atoms with van der Waals surface area (Å²) < 4.78 is 25.7. The fourth-order valence-corrected chi connectivity index (χ4v) is 3.87. The molecule has 1 heterocycles. The fraction of sp³-hybridized carbons (Fsp3) is 0.250. The first-order chi connectivity index (χ1) is 12.3. The van der Waals surface area contributed by atoms with E-state index >= 15 is 0 Å². The topological polar surface area (TPSA) is 57.7 Å². The molecule has 0 fully saturated rings. The molecule has 1 aliphatic heterocycles. The maximum atomic E-state index is 12.6. The molecule has 5 nitrogen and oxygen atoms in total. The molecule has 0 radical (unpaired) electrons. The van der Waals surface area contributed by atoms with Crippen LogP contribution in [0.2, 0.25) is 0 Å². The van der Waals surface area contributed by atoms with Crippen molar-refractivity contribution < 1.29 is 13.2 Å². The minimum atomic E-state index is -3.47. The summed E-state index contributed by atoms with van der Waals surface area (Å²) in [5.41, 5.74) is 3.80. The molecule has 6 heteroatoms. The molecule has 136 valence electrons. The second kappa shape index (κ2) is 7.05. The van der Waals surface area contributed by atoms with Crippen LogP contribution in [0.4, 0.5) is 5.69 Å². The Morgan fingerprint density at radius 3 is 2.46 bits per heavy atom. The monoisotopic (exact) mass is 370 g/mol. The van der Waals surface area contributed by atoms with Crippen LogP contribution in [0, 0.1) is 6.92 Å². The highest BCUT2D eigenvalue weighted by Gasteiger charge is 2.26. The van der Waals surface area contributed by atoms with Crippen LogP contribution < -0.4 is 4.90 Å². The maximum Gasteiger partial charge on any atom is 0.251 e. The molecule has 0 saturated carbocycles. The Balaban J connectivity index is 1.81. The lowest BCUT2D eigenvalue weighted by Gasteiger charge is -2.16. The highest BCUT2D eigenvalue weighted by atomic mass is 32.2. The summed E-state index contributed by atoms with van der Waals surface area (Å²) in [6.45, 7) is 2.57. The standard InChI is InChI=1S/C20H22N2O3S/c1-15-4-6-16(7-5-15)8-11-20(23)22-13-12-17-14-18(9-10-19(17)22)26(24,25)21(2)3/h4-11,14H,12-13H2,1-3H3/b11-8+. The van der Waals surface area contributed by atoms with Crippen molar-refractivity contribution in [1.29, 1.82) is 0 Å². The number of anilines is 1. The van der Waals surface area contributed by atoms with Gasteiger partial charge >= 0.3 is 0 Å². The molecule has 1 amide bonds. The number of benzene rings is 2. The summed E-state index contributed by atoms with van der Waals surface area (Å²) in [7, 11) is -0.454. The van der Waals surface area contributed by atoms with E-state index in [-0.39, 0.29) is 10.8 Å². The molecule has 0 atom stereocenters. The summed E-state index contributed by atoms with van der Waals surface area (Å²) in [4.78, 5) is 14.5. The van der Waals surface area contributed by atoms with E-state index in [0.717, 1.165) is 16.8 Å². The Bertz CT molecular complexity index is 961. The number of carbonyl (C=O) groups is 1. The zero-order valence-corrected chi connectivity index (χ0v) is 16.0. The van der Waals surface area contributed by atoms with Crippen LogP contribution in [0.25, 0.3) is 6.08 Å². The minimum Gasteiger partial charge on any atom is -0.308 e. The van der Waals surface area contributed by atoms with Crippen molar-refractivity contribution in [3.05, 3.63) is 65.2 Å². The van der Waals surface area contributed by atoms with Crippen LogP contribution in [0.5, 0.6) is 0 Å². The van der Waals surface area contributed by atoms with Crippen molar-refractivity contribution in [3.63, 3.8) is 0 Å². The number of nitrogens with zero attached hydrogens (tertiary/aromatic N) is 2. The lowest BCUT2D eigenvalue weighted by molar-refractivity contribution is -0.114. The summed E-state index contributed by atoms with van der Waals surface area (Å²) >= 11 is 0. The number of sulfonamides is 1. The van der Waals surface area contributed by atoms with Gasteiger partial charge in [-0.15, -0.1) is 0 Å². The van der Waals surface area contributed by atoms with E-state index in [1.807, 2.05) is 31.2 Å². The molecular weight excluding hydrogens is 348 g/mol. The molecule has 26 heavy (non-hydrogen) atoms. The molecule has 0 unspecified atom stereocenters. The third-order valence-corrected chi connectivity index (χ3v) is 6.30. The summed E-state index contributed by atoms with van der Waals surface area (Å²) in [6.07, 6.45) is 4.01. The molecule has 0 N–H and O–H groups in total. The van der Waals surface area contributed by atoms with Crippen molar-refractivity contribution in [1.82, 2.24) is 4.31 Å². The first-order valence-electron chi connectivity index (χ1n) is 8.41. The SMILES string of the molecule is Cc1ccc(/C=C/C(=O)N2CCc3cc(S(=O)(=O)N(C)C)ccc32)cc1. The van der Waals surface area contributed by atoms with Gasteiger partial charge < -0.3 is 4.90 Å². The fourth-order valence-electron chi connectivity index (χ4n) is 2.91. The molecule has 2 aromatic rings. The van der Waals surface area contributed by atoms with Crippen LogP contribution in [0.1, 0.15) is 16.7 Å². The lowest BCUT2D eigenvalue weighted by Crippen LogP contribution is -2.27. The average molecular weight is 370 g/mol. The van der Waals surface area contributed by atoms with E-state index in [1.54, 1.807) is 35.3 Å². The van der Waals surface area contributed by atoms with E-state index in [4.69, 9.17) is 0 Å². The van der Waals surface area contributed by atoms with Gasteiger partial charge in [-0.25, -0.2) is 12.7 Å². The number of amides is 1. The predicted molar refractivity (Wildman–Crippen MR) is 104 cm³/mol. The molecule has 0 saturated heterocycles. The molecule has 0 aromatic heterocycles. The van der Waals surface area contributed by atoms with E-state index in [0.29, 0.717) is 13.0 Å². The zero-order chi connectivity index (χ0) is 18.9. The van der Waals surface area contributed by atoms with Crippen LogP contribution in [0.15, 0.2) is 53.4 Å². The predicted octanol–water partition coefficient (Wildman–Crippen LogP) is 2.85. The third kappa shape index (κ3) is 3.57. The normalized spacial score (nSPS) is 14.2. The molecule has 0 bridgehead atoms. The van der Waals surface area contributed by atoms with Crippen molar-refractivity contribution >= 4 is 27.7 Å².